The molecule has 1 aromatic carbocycles. The molecule has 2 heterocycles. The standard InChI is InChI=1S/C20H20N2O2S2/c1-12-7-9-13(10-8-12)15(23)11-25-20-21-18-17(19(24)22(20)2)14-5-3-4-6-16(14)26-18/h7-10H,3-6,11H2,1-2H3. The fourth-order valence-corrected chi connectivity index (χ4v) is 5.52. The van der Waals surface area contributed by atoms with Gasteiger partial charge in [0, 0.05) is 17.5 Å². The summed E-state index contributed by atoms with van der Waals surface area (Å²) in [4.78, 5) is 32.1. The number of rotatable bonds is 4. The van der Waals surface area contributed by atoms with Crippen molar-refractivity contribution >= 4 is 39.1 Å². The maximum Gasteiger partial charge on any atom is 0.262 e. The van der Waals surface area contributed by atoms with Gasteiger partial charge in [0.15, 0.2) is 10.9 Å². The second-order valence-electron chi connectivity index (χ2n) is 6.73. The Hall–Kier alpha value is -1.92. The fraction of sp³-hybridized carbons (Fsp3) is 0.350. The molecule has 0 spiro atoms. The molecule has 2 aromatic heterocycles. The van der Waals surface area contributed by atoms with Gasteiger partial charge in [-0.05, 0) is 38.2 Å². The van der Waals surface area contributed by atoms with Crippen molar-refractivity contribution in [3.63, 3.8) is 0 Å². The molecule has 0 saturated heterocycles. The Labute approximate surface area is 160 Å². The molecule has 0 N–H and O–H groups in total. The molecular formula is C20H20N2O2S2. The summed E-state index contributed by atoms with van der Waals surface area (Å²) >= 11 is 2.98. The lowest BCUT2D eigenvalue weighted by Crippen LogP contribution is -2.21. The van der Waals surface area contributed by atoms with Gasteiger partial charge in [-0.15, -0.1) is 11.3 Å². The van der Waals surface area contributed by atoms with Gasteiger partial charge in [0.05, 0.1) is 11.1 Å². The van der Waals surface area contributed by atoms with Crippen LogP contribution in [0.5, 0.6) is 0 Å². The van der Waals surface area contributed by atoms with Crippen molar-refractivity contribution in [1.82, 2.24) is 9.55 Å². The zero-order valence-electron chi connectivity index (χ0n) is 14.9. The highest BCUT2D eigenvalue weighted by Gasteiger charge is 2.21. The lowest BCUT2D eigenvalue weighted by molar-refractivity contribution is 0.102. The molecule has 3 aromatic rings. The molecule has 4 nitrogen and oxygen atoms in total. The van der Waals surface area contributed by atoms with E-state index in [9.17, 15) is 9.59 Å². The number of Topliss-reactive ketones (excluding diaryl/α,β-unsaturated/α-hetero) is 1. The van der Waals surface area contributed by atoms with Crippen LogP contribution in [0.1, 0.15) is 39.2 Å². The van der Waals surface area contributed by atoms with Crippen LogP contribution in [0.2, 0.25) is 0 Å². The second-order valence-corrected chi connectivity index (χ2v) is 8.75. The van der Waals surface area contributed by atoms with E-state index in [-0.39, 0.29) is 17.1 Å². The molecule has 1 aliphatic rings. The second kappa shape index (κ2) is 7.00. The number of carbonyl (C=O) groups excluding carboxylic acids is 1. The normalized spacial score (nSPS) is 13.8. The quantitative estimate of drug-likeness (QED) is 0.385. The third-order valence-corrected chi connectivity index (χ3v) is 7.08. The number of fused-ring (bicyclic) bond motifs is 3. The number of aromatic nitrogens is 2. The molecule has 4 rings (SSSR count). The average molecular weight is 385 g/mol. The van der Waals surface area contributed by atoms with E-state index < -0.39 is 0 Å². The highest BCUT2D eigenvalue weighted by molar-refractivity contribution is 7.99. The number of benzene rings is 1. The highest BCUT2D eigenvalue weighted by atomic mass is 32.2. The largest absolute Gasteiger partial charge is 0.293 e. The van der Waals surface area contributed by atoms with Gasteiger partial charge in [0.1, 0.15) is 4.83 Å². The summed E-state index contributed by atoms with van der Waals surface area (Å²) in [6.07, 6.45) is 4.36. The topological polar surface area (TPSA) is 52.0 Å². The smallest absolute Gasteiger partial charge is 0.262 e. The van der Waals surface area contributed by atoms with E-state index in [4.69, 9.17) is 4.98 Å². The first kappa shape index (κ1) is 17.5. The predicted molar refractivity (Wildman–Crippen MR) is 108 cm³/mol. The van der Waals surface area contributed by atoms with Crippen LogP contribution < -0.4 is 5.56 Å². The minimum atomic E-state index is 0.0136. The van der Waals surface area contributed by atoms with Crippen molar-refractivity contribution < 1.29 is 4.79 Å². The summed E-state index contributed by atoms with van der Waals surface area (Å²) in [5, 5.41) is 1.41. The van der Waals surface area contributed by atoms with Crippen LogP contribution in [0.25, 0.3) is 10.2 Å². The van der Waals surface area contributed by atoms with E-state index in [0.717, 1.165) is 35.0 Å². The SMILES string of the molecule is Cc1ccc(C(=O)CSc2nc3sc4c(c3c(=O)n2C)CCCC4)cc1. The van der Waals surface area contributed by atoms with E-state index in [2.05, 4.69) is 0 Å². The van der Waals surface area contributed by atoms with Crippen molar-refractivity contribution in [1.29, 1.82) is 0 Å². The lowest BCUT2D eigenvalue weighted by atomic mass is 9.97. The summed E-state index contributed by atoms with van der Waals surface area (Å²) < 4.78 is 1.59. The van der Waals surface area contributed by atoms with Crippen LogP contribution in [0.4, 0.5) is 0 Å². The molecule has 1 aliphatic carbocycles. The van der Waals surface area contributed by atoms with E-state index in [0.29, 0.717) is 10.7 Å². The monoisotopic (exact) mass is 384 g/mol. The Balaban J connectivity index is 1.62. The molecule has 0 fully saturated rings. The van der Waals surface area contributed by atoms with E-state index in [1.165, 1.54) is 28.6 Å². The fourth-order valence-electron chi connectivity index (χ4n) is 3.35. The Bertz CT molecular complexity index is 1050. The van der Waals surface area contributed by atoms with Gasteiger partial charge in [-0.1, -0.05) is 41.6 Å². The molecular weight excluding hydrogens is 364 g/mol. The van der Waals surface area contributed by atoms with E-state index in [1.54, 1.807) is 23.0 Å². The first-order valence-corrected chi connectivity index (χ1v) is 10.6. The number of thioether (sulfide) groups is 1. The molecule has 134 valence electrons. The number of aryl methyl sites for hydroxylation is 3. The van der Waals surface area contributed by atoms with Crippen molar-refractivity contribution in [2.24, 2.45) is 7.05 Å². The third kappa shape index (κ3) is 3.12. The molecule has 0 atom stereocenters. The van der Waals surface area contributed by atoms with Crippen LogP contribution in [0.15, 0.2) is 34.2 Å². The highest BCUT2D eigenvalue weighted by Crippen LogP contribution is 2.34. The van der Waals surface area contributed by atoms with Crippen molar-refractivity contribution in [3.05, 3.63) is 56.2 Å². The Kier molecular flexibility index (Phi) is 4.71. The zero-order valence-corrected chi connectivity index (χ0v) is 16.5. The van der Waals surface area contributed by atoms with Crippen molar-refractivity contribution in [2.75, 3.05) is 5.75 Å². The summed E-state index contributed by atoms with van der Waals surface area (Å²) in [6.45, 7) is 2.00. The van der Waals surface area contributed by atoms with Crippen LogP contribution >= 0.6 is 23.1 Å². The number of hydrogen-bond acceptors (Lipinski definition) is 5. The van der Waals surface area contributed by atoms with Crippen molar-refractivity contribution in [2.45, 2.75) is 37.8 Å². The summed E-state index contributed by atoms with van der Waals surface area (Å²) in [7, 11) is 1.75. The number of nitrogens with zero attached hydrogens (tertiary/aromatic N) is 2. The molecule has 0 aliphatic heterocycles. The maximum atomic E-state index is 12.9. The molecule has 0 unspecified atom stereocenters. The minimum absolute atomic E-state index is 0.0136. The van der Waals surface area contributed by atoms with Gasteiger partial charge in [0.2, 0.25) is 0 Å². The molecule has 26 heavy (non-hydrogen) atoms. The minimum Gasteiger partial charge on any atom is -0.293 e. The van der Waals surface area contributed by atoms with Crippen LogP contribution in [0, 0.1) is 6.92 Å². The first-order valence-electron chi connectivity index (χ1n) is 8.78. The maximum absolute atomic E-state index is 12.9. The molecule has 0 radical (unpaired) electrons. The summed E-state index contributed by atoms with van der Waals surface area (Å²) in [5.41, 5.74) is 3.04. The molecule has 0 bridgehead atoms. The van der Waals surface area contributed by atoms with E-state index in [1.807, 2.05) is 31.2 Å². The first-order chi connectivity index (χ1) is 12.5. The molecule has 6 heteroatoms. The predicted octanol–water partition coefficient (Wildman–Crippen LogP) is 4.16. The van der Waals surface area contributed by atoms with Gasteiger partial charge in [0.25, 0.3) is 5.56 Å². The number of carbonyl (C=O) groups is 1. The third-order valence-electron chi connectivity index (χ3n) is 4.86. The number of hydrogen-bond donors (Lipinski definition) is 0. The average Bonchev–Trinajstić information content (AvgIpc) is 3.02. The Morgan fingerprint density at radius 3 is 2.73 bits per heavy atom. The van der Waals surface area contributed by atoms with Gasteiger partial charge in [-0.25, -0.2) is 4.98 Å². The summed E-state index contributed by atoms with van der Waals surface area (Å²) in [5.74, 6) is 0.328. The van der Waals surface area contributed by atoms with Gasteiger partial charge >= 0.3 is 0 Å². The van der Waals surface area contributed by atoms with Gasteiger partial charge in [-0.2, -0.15) is 0 Å². The van der Waals surface area contributed by atoms with Gasteiger partial charge < -0.3 is 0 Å². The Morgan fingerprint density at radius 2 is 1.96 bits per heavy atom. The van der Waals surface area contributed by atoms with Crippen molar-refractivity contribution in [3.8, 4) is 0 Å². The Morgan fingerprint density at radius 1 is 1.23 bits per heavy atom. The van der Waals surface area contributed by atoms with Crippen LogP contribution in [0.3, 0.4) is 0 Å². The number of thiophene rings is 1. The van der Waals surface area contributed by atoms with Crippen LogP contribution in [-0.2, 0) is 19.9 Å². The summed E-state index contributed by atoms with van der Waals surface area (Å²) in [6, 6.07) is 7.57. The van der Waals surface area contributed by atoms with Crippen LogP contribution in [-0.4, -0.2) is 21.1 Å². The van der Waals surface area contributed by atoms with Gasteiger partial charge in [-0.3, -0.25) is 14.2 Å². The number of ketones is 1. The van der Waals surface area contributed by atoms with E-state index >= 15 is 0 Å². The molecule has 0 amide bonds. The zero-order chi connectivity index (χ0) is 18.3. The molecule has 0 saturated carbocycles. The lowest BCUT2D eigenvalue weighted by Gasteiger charge is -2.10.